The molecule has 1 amide bonds. The van der Waals surface area contributed by atoms with E-state index in [1.807, 2.05) is 12.1 Å². The van der Waals surface area contributed by atoms with E-state index in [1.165, 1.54) is 0 Å². The summed E-state index contributed by atoms with van der Waals surface area (Å²) < 4.78 is 5.11. The van der Waals surface area contributed by atoms with Crippen molar-refractivity contribution in [3.05, 3.63) is 83.4 Å². The highest BCUT2D eigenvalue weighted by Gasteiger charge is 2.07. The van der Waals surface area contributed by atoms with Gasteiger partial charge in [0.05, 0.1) is 7.11 Å². The number of hydrogen-bond acceptors (Lipinski definition) is 3. The normalized spacial score (nSPS) is 10.1. The number of hydrogen-bond donors (Lipinski definition) is 3. The molecule has 0 aliphatic carbocycles. The number of anilines is 3. The summed E-state index contributed by atoms with van der Waals surface area (Å²) in [5.41, 5.74) is 2.84. The zero-order chi connectivity index (χ0) is 19.9. The first-order valence-electron chi connectivity index (χ1n) is 8.42. The van der Waals surface area contributed by atoms with Crippen molar-refractivity contribution in [2.75, 3.05) is 23.1 Å². The lowest BCUT2D eigenvalue weighted by molar-refractivity contribution is 0.102. The average Bonchev–Trinajstić information content (AvgIpc) is 2.71. The maximum atomic E-state index is 12.4. The van der Waals surface area contributed by atoms with Gasteiger partial charge in [0.25, 0.3) is 5.91 Å². The fraction of sp³-hybridized carbons (Fsp3) is 0.0476. The van der Waals surface area contributed by atoms with Gasteiger partial charge in [-0.3, -0.25) is 4.79 Å². The minimum absolute atomic E-state index is 0.196. The molecule has 3 rings (SSSR count). The molecule has 7 heteroatoms. The summed E-state index contributed by atoms with van der Waals surface area (Å²) >= 11 is 11.2. The van der Waals surface area contributed by atoms with Crippen LogP contribution in [-0.2, 0) is 0 Å². The van der Waals surface area contributed by atoms with Crippen LogP contribution in [0.25, 0.3) is 0 Å². The Labute approximate surface area is 173 Å². The molecule has 0 bridgehead atoms. The number of benzene rings is 3. The predicted octanol–water partition coefficient (Wildman–Crippen LogP) is 5.41. The fourth-order valence-corrected chi connectivity index (χ4v) is 2.77. The van der Waals surface area contributed by atoms with Gasteiger partial charge in [-0.2, -0.15) is 0 Å². The Morgan fingerprint density at radius 2 is 1.25 bits per heavy atom. The van der Waals surface area contributed by atoms with E-state index in [0.717, 1.165) is 17.1 Å². The van der Waals surface area contributed by atoms with Crippen molar-refractivity contribution in [3.63, 3.8) is 0 Å². The molecule has 0 aliphatic heterocycles. The summed E-state index contributed by atoms with van der Waals surface area (Å²) in [6.07, 6.45) is 0. The number of amides is 1. The van der Waals surface area contributed by atoms with E-state index in [2.05, 4.69) is 16.0 Å². The summed E-state index contributed by atoms with van der Waals surface area (Å²) in [4.78, 5) is 12.4. The lowest BCUT2D eigenvalue weighted by atomic mass is 10.2. The lowest BCUT2D eigenvalue weighted by Gasteiger charge is -2.11. The van der Waals surface area contributed by atoms with Gasteiger partial charge in [-0.15, -0.1) is 0 Å². The van der Waals surface area contributed by atoms with Crippen LogP contribution in [0.2, 0.25) is 5.02 Å². The van der Waals surface area contributed by atoms with E-state index in [0.29, 0.717) is 21.4 Å². The number of carbonyl (C=O) groups is 1. The molecule has 142 valence electrons. The van der Waals surface area contributed by atoms with E-state index in [9.17, 15) is 4.79 Å². The molecular formula is C21H18ClN3O2S. The lowest BCUT2D eigenvalue weighted by Crippen LogP contribution is -2.19. The van der Waals surface area contributed by atoms with Crippen molar-refractivity contribution < 1.29 is 9.53 Å². The largest absolute Gasteiger partial charge is 0.497 e. The Hall–Kier alpha value is -3.09. The van der Waals surface area contributed by atoms with Crippen LogP contribution >= 0.6 is 23.8 Å². The second kappa shape index (κ2) is 9.21. The third-order valence-electron chi connectivity index (χ3n) is 3.85. The Balaban J connectivity index is 1.56. The van der Waals surface area contributed by atoms with Gasteiger partial charge in [0.1, 0.15) is 5.75 Å². The molecule has 28 heavy (non-hydrogen) atoms. The average molecular weight is 412 g/mol. The summed E-state index contributed by atoms with van der Waals surface area (Å²) in [7, 11) is 1.60. The first kappa shape index (κ1) is 19.7. The predicted molar refractivity (Wildman–Crippen MR) is 119 cm³/mol. The highest BCUT2D eigenvalue weighted by Crippen LogP contribution is 2.17. The van der Waals surface area contributed by atoms with Crippen LogP contribution in [0.4, 0.5) is 17.1 Å². The topological polar surface area (TPSA) is 62.4 Å². The number of nitrogens with one attached hydrogen (secondary N) is 3. The smallest absolute Gasteiger partial charge is 0.255 e. The van der Waals surface area contributed by atoms with Crippen LogP contribution < -0.4 is 20.7 Å². The quantitative estimate of drug-likeness (QED) is 0.490. The molecule has 0 aromatic heterocycles. The Morgan fingerprint density at radius 3 is 1.79 bits per heavy atom. The van der Waals surface area contributed by atoms with E-state index in [4.69, 9.17) is 28.6 Å². The monoisotopic (exact) mass is 411 g/mol. The van der Waals surface area contributed by atoms with Crippen LogP contribution in [0.3, 0.4) is 0 Å². The van der Waals surface area contributed by atoms with Crippen molar-refractivity contribution in [3.8, 4) is 5.75 Å². The maximum Gasteiger partial charge on any atom is 0.255 e. The molecule has 0 aliphatic rings. The van der Waals surface area contributed by atoms with Gasteiger partial charge < -0.3 is 20.7 Å². The van der Waals surface area contributed by atoms with Crippen molar-refractivity contribution in [2.24, 2.45) is 0 Å². The third kappa shape index (κ3) is 5.45. The van der Waals surface area contributed by atoms with Gasteiger partial charge in [-0.1, -0.05) is 11.6 Å². The molecule has 0 spiro atoms. The van der Waals surface area contributed by atoms with Gasteiger partial charge in [-0.25, -0.2) is 0 Å². The van der Waals surface area contributed by atoms with Crippen molar-refractivity contribution >= 4 is 51.9 Å². The number of halogens is 1. The zero-order valence-electron chi connectivity index (χ0n) is 15.0. The van der Waals surface area contributed by atoms with Gasteiger partial charge in [-0.05, 0) is 85.0 Å². The Bertz CT molecular complexity index is 958. The number of ether oxygens (including phenoxy) is 1. The van der Waals surface area contributed by atoms with Crippen LogP contribution in [0.5, 0.6) is 5.75 Å². The standard InChI is InChI=1S/C21H18ClN3O2S/c1-27-19-12-10-16(11-13-19)23-20(26)14-2-6-17(7-3-14)24-21(28)25-18-8-4-15(22)5-9-18/h2-13H,1H3,(H,23,26)(H2,24,25,28). The summed E-state index contributed by atoms with van der Waals surface area (Å²) in [6, 6.07) is 21.4. The molecule has 5 nitrogen and oxygen atoms in total. The molecular weight excluding hydrogens is 394 g/mol. The van der Waals surface area contributed by atoms with E-state index in [1.54, 1.807) is 67.8 Å². The first-order valence-corrected chi connectivity index (χ1v) is 9.21. The van der Waals surface area contributed by atoms with Crippen molar-refractivity contribution in [1.29, 1.82) is 0 Å². The molecule has 0 heterocycles. The highest BCUT2D eigenvalue weighted by molar-refractivity contribution is 7.80. The fourth-order valence-electron chi connectivity index (χ4n) is 2.41. The second-order valence-corrected chi connectivity index (χ2v) is 6.69. The Kier molecular flexibility index (Phi) is 6.47. The van der Waals surface area contributed by atoms with E-state index in [-0.39, 0.29) is 5.91 Å². The second-order valence-electron chi connectivity index (χ2n) is 5.85. The number of rotatable bonds is 5. The number of methoxy groups -OCH3 is 1. The summed E-state index contributed by atoms with van der Waals surface area (Å²) in [5.74, 6) is 0.537. The van der Waals surface area contributed by atoms with E-state index >= 15 is 0 Å². The minimum Gasteiger partial charge on any atom is -0.497 e. The molecule has 0 radical (unpaired) electrons. The minimum atomic E-state index is -0.196. The SMILES string of the molecule is COc1ccc(NC(=O)c2ccc(NC(=S)Nc3ccc(Cl)cc3)cc2)cc1. The van der Waals surface area contributed by atoms with Crippen LogP contribution in [0.1, 0.15) is 10.4 Å². The van der Waals surface area contributed by atoms with Crippen LogP contribution in [0.15, 0.2) is 72.8 Å². The molecule has 0 saturated carbocycles. The molecule has 0 atom stereocenters. The summed E-state index contributed by atoms with van der Waals surface area (Å²) in [5, 5.41) is 10.1. The van der Waals surface area contributed by atoms with Gasteiger partial charge >= 0.3 is 0 Å². The molecule has 0 unspecified atom stereocenters. The molecule has 3 aromatic carbocycles. The zero-order valence-corrected chi connectivity index (χ0v) is 16.6. The van der Waals surface area contributed by atoms with Crippen molar-refractivity contribution in [2.45, 2.75) is 0 Å². The maximum absolute atomic E-state index is 12.4. The molecule has 3 N–H and O–H groups in total. The van der Waals surface area contributed by atoms with E-state index < -0.39 is 0 Å². The molecule has 3 aromatic rings. The van der Waals surface area contributed by atoms with Gasteiger partial charge in [0, 0.05) is 27.6 Å². The van der Waals surface area contributed by atoms with Crippen molar-refractivity contribution in [1.82, 2.24) is 0 Å². The summed E-state index contributed by atoms with van der Waals surface area (Å²) in [6.45, 7) is 0. The molecule has 0 saturated heterocycles. The highest BCUT2D eigenvalue weighted by atomic mass is 35.5. The number of carbonyl (C=O) groups excluding carboxylic acids is 1. The van der Waals surface area contributed by atoms with Crippen LogP contribution in [-0.4, -0.2) is 18.1 Å². The first-order chi connectivity index (χ1) is 13.5. The van der Waals surface area contributed by atoms with Gasteiger partial charge in [0.2, 0.25) is 0 Å². The van der Waals surface area contributed by atoms with Crippen LogP contribution in [0, 0.1) is 0 Å². The van der Waals surface area contributed by atoms with Gasteiger partial charge in [0.15, 0.2) is 5.11 Å². The molecule has 0 fully saturated rings. The Morgan fingerprint density at radius 1 is 0.786 bits per heavy atom. The third-order valence-corrected chi connectivity index (χ3v) is 4.31. The number of thiocarbonyl (C=S) groups is 1.